The lowest BCUT2D eigenvalue weighted by atomic mass is 10.1. The summed E-state index contributed by atoms with van der Waals surface area (Å²) in [4.78, 5) is 14.9. The largest absolute Gasteiger partial charge is 0.331 e. The molecule has 3 heteroatoms. The molecule has 108 valence electrons. The molecule has 0 unspecified atom stereocenters. The highest BCUT2D eigenvalue weighted by Crippen LogP contribution is 2.30. The maximum Gasteiger partial charge on any atom is 0.254 e. The van der Waals surface area contributed by atoms with Crippen LogP contribution in [0.1, 0.15) is 34.3 Å². The number of nitrogens with zero attached hydrogens (tertiary/aromatic N) is 1. The van der Waals surface area contributed by atoms with Crippen LogP contribution in [0.4, 0.5) is 0 Å². The van der Waals surface area contributed by atoms with Crippen molar-refractivity contribution in [2.75, 3.05) is 0 Å². The molecule has 2 nitrogen and oxygen atoms in total. The molecule has 0 saturated heterocycles. The van der Waals surface area contributed by atoms with Crippen molar-refractivity contribution >= 4 is 21.8 Å². The van der Waals surface area contributed by atoms with Crippen molar-refractivity contribution in [3.05, 3.63) is 69.7 Å². The van der Waals surface area contributed by atoms with E-state index >= 15 is 0 Å². The maximum absolute atomic E-state index is 12.9. The van der Waals surface area contributed by atoms with Gasteiger partial charge in [-0.3, -0.25) is 4.79 Å². The number of aryl methyl sites for hydroxylation is 1. The number of carbonyl (C=O) groups excluding carboxylic acids is 1. The Balaban J connectivity index is 1.85. The first kappa shape index (κ1) is 14.3. The van der Waals surface area contributed by atoms with E-state index in [2.05, 4.69) is 28.1 Å². The van der Waals surface area contributed by atoms with E-state index in [1.54, 1.807) is 0 Å². The van der Waals surface area contributed by atoms with Gasteiger partial charge < -0.3 is 4.90 Å². The molecule has 3 rings (SSSR count). The Hall–Kier alpha value is -1.61. The average molecular weight is 344 g/mol. The summed E-state index contributed by atoms with van der Waals surface area (Å²) in [6.45, 7) is 2.68. The van der Waals surface area contributed by atoms with Crippen LogP contribution < -0.4 is 0 Å². The number of amides is 1. The minimum atomic E-state index is 0.149. The minimum Gasteiger partial charge on any atom is -0.331 e. The summed E-state index contributed by atoms with van der Waals surface area (Å²) in [5, 5.41) is 0. The normalized spacial score (nSPS) is 14.0. The molecule has 0 bridgehead atoms. The summed E-state index contributed by atoms with van der Waals surface area (Å²) in [6, 6.07) is 16.4. The zero-order valence-corrected chi connectivity index (χ0v) is 13.6. The summed E-state index contributed by atoms with van der Waals surface area (Å²) in [5.74, 6) is 0.149. The van der Waals surface area contributed by atoms with Crippen molar-refractivity contribution < 1.29 is 4.79 Å². The van der Waals surface area contributed by atoms with Gasteiger partial charge >= 0.3 is 0 Å². The van der Waals surface area contributed by atoms with Crippen LogP contribution in [0.2, 0.25) is 0 Å². The third-order valence-corrected chi connectivity index (χ3v) is 4.36. The van der Waals surface area contributed by atoms with Crippen LogP contribution in [0.5, 0.6) is 0 Å². The second-order valence-corrected chi connectivity index (χ2v) is 6.52. The number of carbonyl (C=O) groups is 1. The minimum absolute atomic E-state index is 0.149. The van der Waals surface area contributed by atoms with Gasteiger partial charge in [0.1, 0.15) is 0 Å². The lowest BCUT2D eigenvalue weighted by Crippen LogP contribution is -2.33. The van der Waals surface area contributed by atoms with E-state index in [0.29, 0.717) is 12.6 Å². The van der Waals surface area contributed by atoms with Crippen molar-refractivity contribution in [3.63, 3.8) is 0 Å². The van der Waals surface area contributed by atoms with Crippen LogP contribution in [-0.2, 0) is 6.54 Å². The van der Waals surface area contributed by atoms with Gasteiger partial charge in [-0.1, -0.05) is 46.3 Å². The highest BCUT2D eigenvalue weighted by atomic mass is 79.9. The molecule has 1 amide bonds. The molecule has 1 saturated carbocycles. The van der Waals surface area contributed by atoms with E-state index < -0.39 is 0 Å². The third kappa shape index (κ3) is 3.35. The zero-order chi connectivity index (χ0) is 14.8. The molecular formula is C18H18BrNO. The van der Waals surface area contributed by atoms with Crippen molar-refractivity contribution in [2.45, 2.75) is 32.4 Å². The lowest BCUT2D eigenvalue weighted by molar-refractivity contribution is 0.0729. The standard InChI is InChI=1S/C18H18BrNO/c1-13-5-2-3-8-17(13)18(21)20(16-9-10-16)12-14-6-4-7-15(19)11-14/h2-8,11,16H,9-10,12H2,1H3. The molecule has 1 aliphatic carbocycles. The fourth-order valence-corrected chi connectivity index (χ4v) is 3.00. The van der Waals surface area contributed by atoms with Gasteiger partial charge in [-0.2, -0.15) is 0 Å². The van der Waals surface area contributed by atoms with Crippen LogP contribution in [0.25, 0.3) is 0 Å². The highest BCUT2D eigenvalue weighted by Gasteiger charge is 2.33. The van der Waals surface area contributed by atoms with Crippen molar-refractivity contribution in [2.24, 2.45) is 0 Å². The Labute approximate surface area is 133 Å². The Morgan fingerprint density at radius 1 is 1.19 bits per heavy atom. The number of benzene rings is 2. The van der Waals surface area contributed by atoms with Crippen LogP contribution in [-0.4, -0.2) is 16.8 Å². The second-order valence-electron chi connectivity index (χ2n) is 5.61. The molecule has 0 N–H and O–H groups in total. The molecule has 2 aromatic rings. The molecule has 1 fully saturated rings. The molecule has 0 aromatic heterocycles. The summed E-state index contributed by atoms with van der Waals surface area (Å²) >= 11 is 3.49. The maximum atomic E-state index is 12.9. The molecule has 1 aliphatic rings. The predicted molar refractivity (Wildman–Crippen MR) is 88.2 cm³/mol. The van der Waals surface area contributed by atoms with E-state index in [-0.39, 0.29) is 5.91 Å². The molecule has 0 heterocycles. The van der Waals surface area contributed by atoms with Gasteiger partial charge in [-0.05, 0) is 49.1 Å². The monoisotopic (exact) mass is 343 g/mol. The van der Waals surface area contributed by atoms with Crippen molar-refractivity contribution in [1.29, 1.82) is 0 Å². The van der Waals surface area contributed by atoms with Crippen molar-refractivity contribution in [1.82, 2.24) is 4.90 Å². The first-order chi connectivity index (χ1) is 10.1. The predicted octanol–water partition coefficient (Wildman–Crippen LogP) is 4.56. The van der Waals surface area contributed by atoms with E-state index in [1.807, 2.05) is 48.2 Å². The summed E-state index contributed by atoms with van der Waals surface area (Å²) in [5.41, 5.74) is 3.03. The van der Waals surface area contributed by atoms with Gasteiger partial charge in [0, 0.05) is 22.6 Å². The number of rotatable bonds is 4. The van der Waals surface area contributed by atoms with E-state index in [4.69, 9.17) is 0 Å². The topological polar surface area (TPSA) is 20.3 Å². The smallest absolute Gasteiger partial charge is 0.254 e. The Bertz CT molecular complexity index is 664. The second kappa shape index (κ2) is 6.02. The quantitative estimate of drug-likeness (QED) is 0.796. The molecular weight excluding hydrogens is 326 g/mol. The first-order valence-corrected chi connectivity index (χ1v) is 8.05. The highest BCUT2D eigenvalue weighted by molar-refractivity contribution is 9.10. The van der Waals surface area contributed by atoms with Gasteiger partial charge in [0.2, 0.25) is 0 Å². The lowest BCUT2D eigenvalue weighted by Gasteiger charge is -2.23. The fourth-order valence-electron chi connectivity index (χ4n) is 2.55. The van der Waals surface area contributed by atoms with Gasteiger partial charge in [-0.25, -0.2) is 0 Å². The van der Waals surface area contributed by atoms with Gasteiger partial charge in [-0.15, -0.1) is 0 Å². The van der Waals surface area contributed by atoms with Gasteiger partial charge in [0.15, 0.2) is 0 Å². The van der Waals surface area contributed by atoms with E-state index in [9.17, 15) is 4.79 Å². The Kier molecular flexibility index (Phi) is 4.11. The van der Waals surface area contributed by atoms with E-state index in [0.717, 1.165) is 28.4 Å². The third-order valence-electron chi connectivity index (χ3n) is 3.87. The SMILES string of the molecule is Cc1ccccc1C(=O)N(Cc1cccc(Br)c1)C1CC1. The molecule has 0 radical (unpaired) electrons. The number of hydrogen-bond acceptors (Lipinski definition) is 1. The molecule has 0 aliphatic heterocycles. The Morgan fingerprint density at radius 2 is 1.95 bits per heavy atom. The van der Waals surface area contributed by atoms with Crippen LogP contribution in [0.3, 0.4) is 0 Å². The van der Waals surface area contributed by atoms with Gasteiger partial charge in [0.05, 0.1) is 0 Å². The van der Waals surface area contributed by atoms with Gasteiger partial charge in [0.25, 0.3) is 5.91 Å². The Morgan fingerprint density at radius 3 is 2.62 bits per heavy atom. The van der Waals surface area contributed by atoms with E-state index in [1.165, 1.54) is 5.56 Å². The van der Waals surface area contributed by atoms with Crippen LogP contribution in [0, 0.1) is 6.92 Å². The summed E-state index contributed by atoms with van der Waals surface area (Å²) < 4.78 is 1.05. The molecule has 0 atom stereocenters. The van der Waals surface area contributed by atoms with Crippen molar-refractivity contribution in [3.8, 4) is 0 Å². The van der Waals surface area contributed by atoms with Crippen LogP contribution in [0.15, 0.2) is 53.0 Å². The number of halogens is 1. The summed E-state index contributed by atoms with van der Waals surface area (Å²) in [7, 11) is 0. The molecule has 21 heavy (non-hydrogen) atoms. The summed E-state index contributed by atoms with van der Waals surface area (Å²) in [6.07, 6.45) is 2.23. The fraction of sp³-hybridized carbons (Fsp3) is 0.278. The molecule has 2 aromatic carbocycles. The number of hydrogen-bond donors (Lipinski definition) is 0. The zero-order valence-electron chi connectivity index (χ0n) is 12.1. The first-order valence-electron chi connectivity index (χ1n) is 7.26. The molecule has 0 spiro atoms. The van der Waals surface area contributed by atoms with Crippen LogP contribution >= 0.6 is 15.9 Å². The average Bonchev–Trinajstić information content (AvgIpc) is 3.29.